The summed E-state index contributed by atoms with van der Waals surface area (Å²) in [7, 11) is -5.12. The van der Waals surface area contributed by atoms with Crippen molar-refractivity contribution in [1.82, 2.24) is 14.7 Å². The minimum atomic E-state index is -5.12. The Hall–Kier alpha value is -3.30. The van der Waals surface area contributed by atoms with Gasteiger partial charge in [0.2, 0.25) is 10.0 Å². The lowest BCUT2D eigenvalue weighted by atomic mass is 10.0. The molecule has 0 unspecified atom stereocenters. The summed E-state index contributed by atoms with van der Waals surface area (Å²) in [5.41, 5.74) is 1.40. The third kappa shape index (κ3) is 8.15. The second-order valence-electron chi connectivity index (χ2n) is 6.97. The van der Waals surface area contributed by atoms with Gasteiger partial charge in [0.25, 0.3) is 5.91 Å². The molecule has 0 saturated carbocycles. The van der Waals surface area contributed by atoms with Crippen LogP contribution in [0.15, 0.2) is 66.9 Å². The van der Waals surface area contributed by atoms with E-state index in [9.17, 15) is 13.2 Å². The fourth-order valence-electron chi connectivity index (χ4n) is 2.95. The molecule has 35 heavy (non-hydrogen) atoms. The topological polar surface area (TPSA) is 101 Å². The van der Waals surface area contributed by atoms with E-state index in [1.165, 1.54) is 4.72 Å². The maximum absolute atomic E-state index is 12.0. The Bertz CT molecular complexity index is 1710. The van der Waals surface area contributed by atoms with Gasteiger partial charge >= 0.3 is 0 Å². The van der Waals surface area contributed by atoms with Crippen LogP contribution in [0, 0.1) is 0 Å². The van der Waals surface area contributed by atoms with Crippen LogP contribution in [-0.4, -0.2) is 56.3 Å². The minimum Gasteiger partial charge on any atom is -0.372 e. The predicted molar refractivity (Wildman–Crippen MR) is 138 cm³/mol. The fourth-order valence-corrected chi connectivity index (χ4v) is 3.31. The highest BCUT2D eigenvalue weighted by atomic mass is 32.2. The Morgan fingerprint density at radius 2 is 1.74 bits per heavy atom. The number of rotatable bonds is 12. The summed E-state index contributed by atoms with van der Waals surface area (Å²) in [6, 6.07) is 13.3. The van der Waals surface area contributed by atoms with Gasteiger partial charge in [0.1, 0.15) is 12.4 Å². The Morgan fingerprint density at radius 1 is 1.09 bits per heavy atom. The lowest BCUT2D eigenvalue weighted by molar-refractivity contribution is -0.123. The summed E-state index contributed by atoms with van der Waals surface area (Å²) < 4.78 is 142. The van der Waals surface area contributed by atoms with Crippen LogP contribution >= 0.6 is 0 Å². The first-order valence-electron chi connectivity index (χ1n) is 17.1. The van der Waals surface area contributed by atoms with Crippen molar-refractivity contribution >= 4 is 21.7 Å². The largest absolute Gasteiger partial charge is 0.372 e. The number of hydrogen-bond acceptors (Lipinski definition) is 7. The van der Waals surface area contributed by atoms with Gasteiger partial charge in [-0.1, -0.05) is 60.7 Å². The van der Waals surface area contributed by atoms with E-state index in [1.807, 2.05) is 0 Å². The van der Waals surface area contributed by atoms with Gasteiger partial charge < -0.3 is 9.64 Å². The molecule has 0 aliphatic carbocycles. The molecule has 0 spiro atoms. The number of benzene rings is 2. The zero-order valence-corrected chi connectivity index (χ0v) is 19.2. The number of nitrogens with one attached hydrogen (secondary N) is 1. The van der Waals surface area contributed by atoms with Crippen LogP contribution in [0.2, 0.25) is 0 Å². The molecule has 1 amide bonds. The Kier molecular flexibility index (Phi) is 4.66. The number of nitrogens with zero attached hydrogens (tertiary/aromatic N) is 3. The molecule has 1 N–H and O–H groups in total. The van der Waals surface area contributed by atoms with Crippen LogP contribution in [0.1, 0.15) is 45.6 Å². The molecule has 0 aliphatic rings. The molecule has 1 heterocycles. The normalized spacial score (nSPS) is 19.5. The molecule has 0 saturated heterocycles. The number of carbonyl (C=O) groups is 1. The minimum absolute atomic E-state index is 0.109. The number of amides is 1. The van der Waals surface area contributed by atoms with Crippen molar-refractivity contribution < 1.29 is 37.1 Å². The summed E-state index contributed by atoms with van der Waals surface area (Å²) >= 11 is 0. The zero-order valence-electron chi connectivity index (χ0n) is 32.4. The van der Waals surface area contributed by atoms with Gasteiger partial charge in [-0.05, 0) is 26.4 Å². The van der Waals surface area contributed by atoms with Gasteiger partial charge in [0.15, 0.2) is 0 Å². The molecule has 0 atom stereocenters. The third-order valence-corrected chi connectivity index (χ3v) is 4.91. The van der Waals surface area contributed by atoms with Crippen LogP contribution in [0.4, 0.5) is 5.82 Å². The van der Waals surface area contributed by atoms with E-state index in [0.29, 0.717) is 16.0 Å². The van der Waals surface area contributed by atoms with Crippen molar-refractivity contribution in [2.75, 3.05) is 30.8 Å². The van der Waals surface area contributed by atoms with Gasteiger partial charge in [0.05, 0.1) is 25.1 Å². The van der Waals surface area contributed by atoms with Crippen molar-refractivity contribution in [3.8, 4) is 22.5 Å². The van der Waals surface area contributed by atoms with E-state index in [1.54, 1.807) is 60.7 Å². The van der Waals surface area contributed by atoms with E-state index >= 15 is 0 Å². The highest BCUT2D eigenvalue weighted by Crippen LogP contribution is 2.30. The number of aromatic nitrogens is 2. The highest BCUT2D eigenvalue weighted by Gasteiger charge is 2.17. The molecule has 0 bridgehead atoms. The molecule has 3 rings (SSSR count). The monoisotopic (exact) mass is 510 g/mol. The number of carbonyl (C=O) groups excluding carboxylic acids is 1. The molecule has 0 fully saturated rings. The quantitative estimate of drug-likeness (QED) is 0.394. The predicted octanol–water partition coefficient (Wildman–Crippen LogP) is 3.90. The molecule has 3 aromatic rings. The molecular formula is C26H32N4O4S. The van der Waals surface area contributed by atoms with Crippen molar-refractivity contribution in [1.29, 1.82) is 0 Å². The molecule has 2 aromatic carbocycles. The number of sulfonamides is 1. The maximum Gasteiger partial charge on any atom is 0.259 e. The van der Waals surface area contributed by atoms with E-state index in [4.69, 9.17) is 23.9 Å². The number of anilines is 1. The van der Waals surface area contributed by atoms with Gasteiger partial charge in [-0.3, -0.25) is 14.5 Å². The van der Waals surface area contributed by atoms with Gasteiger partial charge in [-0.25, -0.2) is 13.4 Å². The Labute approximate surface area is 227 Å². The van der Waals surface area contributed by atoms with Crippen molar-refractivity contribution in [3.63, 3.8) is 0 Å². The SMILES string of the molecule is [2H]C([2H])([2H])C([2H])(N(CC([2H])([2H])C([2H])([2H])COCC(=O)NS(=O)(=O)C([2H])([2H])[2H])c1cnc(-c2ccccc2)c(-c2ccccc2)n1)C([2H])([2H])[2H]. The summed E-state index contributed by atoms with van der Waals surface area (Å²) in [6.45, 7) is -11.3. The standard InChI is InChI=1S/C26H32N4O4S/c1-20(2)30(16-10-11-17-34-19-24(31)29-35(3,32)33)23-18-27-25(21-12-6-4-7-13-21)26(28-23)22-14-8-5-9-15-22/h4-9,12-15,18,20H,10-11,16-17,19H2,1-3H3,(H,29,31)/i1D3,2D3,3D3,10D2,11D2,20D. The highest BCUT2D eigenvalue weighted by molar-refractivity contribution is 7.89. The average molecular weight is 511 g/mol. The lowest BCUT2D eigenvalue weighted by Gasteiger charge is -2.28. The van der Waals surface area contributed by atoms with E-state index < -0.39 is 80.2 Å². The Balaban J connectivity index is 2.10. The summed E-state index contributed by atoms with van der Waals surface area (Å²) in [5.74, 6) is -2.10. The number of hydrogen-bond donors (Lipinski definition) is 1. The molecule has 9 heteroatoms. The van der Waals surface area contributed by atoms with Gasteiger partial charge in [0, 0.05) is 48.1 Å². The molecule has 0 aliphatic heterocycles. The first kappa shape index (κ1) is 13.1. The molecular weight excluding hydrogens is 464 g/mol. The Morgan fingerprint density at radius 3 is 2.37 bits per heavy atom. The first-order chi connectivity index (χ1) is 22.3. The zero-order chi connectivity index (χ0) is 37.3. The molecule has 8 nitrogen and oxygen atoms in total. The van der Waals surface area contributed by atoms with Crippen molar-refractivity contribution in [2.24, 2.45) is 0 Å². The van der Waals surface area contributed by atoms with E-state index in [-0.39, 0.29) is 11.4 Å². The van der Waals surface area contributed by atoms with Gasteiger partial charge in [-0.15, -0.1) is 0 Å². The van der Waals surface area contributed by atoms with Crippen molar-refractivity contribution in [3.05, 3.63) is 66.9 Å². The lowest BCUT2D eigenvalue weighted by Crippen LogP contribution is -2.33. The summed E-state index contributed by atoms with van der Waals surface area (Å²) in [6.07, 6.45) is -9.08. The van der Waals surface area contributed by atoms with Crippen LogP contribution in [-0.2, 0) is 19.6 Å². The second-order valence-corrected chi connectivity index (χ2v) is 8.18. The first-order valence-corrected chi connectivity index (χ1v) is 11.6. The third-order valence-electron chi connectivity index (χ3n) is 4.42. The molecule has 0 radical (unpaired) electrons. The van der Waals surface area contributed by atoms with Crippen LogP contribution in [0.25, 0.3) is 22.5 Å². The van der Waals surface area contributed by atoms with Gasteiger partial charge in [-0.2, -0.15) is 0 Å². The number of ether oxygens (including phenoxy) is 1. The van der Waals surface area contributed by atoms with Crippen molar-refractivity contribution in [2.45, 2.75) is 32.5 Å². The fraction of sp³-hybridized carbons (Fsp3) is 0.346. The summed E-state index contributed by atoms with van der Waals surface area (Å²) in [4.78, 5) is 21.2. The van der Waals surface area contributed by atoms with Crippen LogP contribution in [0.3, 0.4) is 0 Å². The van der Waals surface area contributed by atoms with E-state index in [2.05, 4.69) is 9.97 Å². The van der Waals surface area contributed by atoms with Crippen LogP contribution < -0.4 is 9.62 Å². The smallest absolute Gasteiger partial charge is 0.259 e. The average Bonchev–Trinajstić information content (AvgIpc) is 2.98. The summed E-state index contributed by atoms with van der Waals surface area (Å²) in [5, 5.41) is 0. The second kappa shape index (κ2) is 12.4. The van der Waals surface area contributed by atoms with E-state index in [0.717, 1.165) is 6.20 Å². The van der Waals surface area contributed by atoms with Crippen LogP contribution in [0.5, 0.6) is 0 Å². The molecule has 186 valence electrons. The molecule has 1 aromatic heterocycles. The maximum atomic E-state index is 12.0.